The number of hydrogen-bond acceptors (Lipinski definition) is 7. The number of anilines is 2. The number of nitrogens with two attached hydrogens (primary N) is 1. The van der Waals surface area contributed by atoms with Gasteiger partial charge in [-0.25, -0.2) is 4.79 Å². The maximum absolute atomic E-state index is 12.7. The van der Waals surface area contributed by atoms with E-state index in [1.54, 1.807) is 23.0 Å². The number of nitrogen functional groups attached to an aromatic ring is 1. The molecule has 3 aromatic rings. The Morgan fingerprint density at radius 1 is 1.08 bits per heavy atom. The fourth-order valence-corrected chi connectivity index (χ4v) is 5.02. The average molecular weight is 537 g/mol. The molecule has 1 unspecified atom stereocenters. The Hall–Kier alpha value is -3.47. The summed E-state index contributed by atoms with van der Waals surface area (Å²) in [5.41, 5.74) is 9.31. The number of nitrogens with zero attached hydrogens (tertiary/aromatic N) is 2. The van der Waals surface area contributed by atoms with E-state index in [0.29, 0.717) is 17.9 Å². The normalized spacial score (nSPS) is 14.5. The van der Waals surface area contributed by atoms with E-state index in [4.69, 9.17) is 10.5 Å². The summed E-state index contributed by atoms with van der Waals surface area (Å²) in [5, 5.41) is 12.4. The summed E-state index contributed by atoms with van der Waals surface area (Å²) in [6.45, 7) is 5.08. The molecule has 1 aliphatic heterocycles. The Kier molecular flexibility index (Phi) is 10.5. The number of urea groups is 1. The molecule has 5 N–H and O–H groups in total. The third kappa shape index (κ3) is 8.54. The van der Waals surface area contributed by atoms with Crippen LogP contribution in [0, 0.1) is 0 Å². The van der Waals surface area contributed by atoms with Crippen LogP contribution in [0.15, 0.2) is 59.4 Å². The summed E-state index contributed by atoms with van der Waals surface area (Å²) < 4.78 is 5.43. The van der Waals surface area contributed by atoms with Gasteiger partial charge in [0, 0.05) is 36.6 Å². The molecule has 202 valence electrons. The zero-order valence-corrected chi connectivity index (χ0v) is 22.3. The zero-order valence-electron chi connectivity index (χ0n) is 21.5. The molecular weight excluding hydrogens is 500 g/mol. The van der Waals surface area contributed by atoms with E-state index in [0.717, 1.165) is 64.1 Å². The Labute approximate surface area is 227 Å². The highest BCUT2D eigenvalue weighted by atomic mass is 32.1. The molecule has 4 rings (SSSR count). The first-order chi connectivity index (χ1) is 18.6. The van der Waals surface area contributed by atoms with Crippen LogP contribution in [0.5, 0.6) is 0 Å². The molecule has 1 atom stereocenters. The van der Waals surface area contributed by atoms with E-state index < -0.39 is 0 Å². The molecule has 1 fully saturated rings. The van der Waals surface area contributed by atoms with Crippen LogP contribution in [0.3, 0.4) is 0 Å². The first-order valence-corrected chi connectivity index (χ1v) is 14.0. The SMILES string of the molecule is Nc1cscc1NC(=O)c1ccc(C(CCCCN2CCOCC2)NC(=O)NCCc2ccccc2)cn1. The van der Waals surface area contributed by atoms with Crippen LogP contribution in [0.2, 0.25) is 0 Å². The minimum Gasteiger partial charge on any atom is -0.396 e. The maximum atomic E-state index is 12.7. The lowest BCUT2D eigenvalue weighted by Gasteiger charge is -2.26. The van der Waals surface area contributed by atoms with Crippen LogP contribution < -0.4 is 21.7 Å². The number of hydrogen-bond donors (Lipinski definition) is 4. The quantitative estimate of drug-likeness (QED) is 0.259. The summed E-state index contributed by atoms with van der Waals surface area (Å²) in [6.07, 6.45) is 5.19. The van der Waals surface area contributed by atoms with Gasteiger partial charge < -0.3 is 26.4 Å². The Morgan fingerprint density at radius 2 is 1.89 bits per heavy atom. The highest BCUT2D eigenvalue weighted by Gasteiger charge is 2.17. The summed E-state index contributed by atoms with van der Waals surface area (Å²) in [6, 6.07) is 13.2. The van der Waals surface area contributed by atoms with Crippen LogP contribution in [-0.4, -0.2) is 61.2 Å². The Bertz CT molecular complexity index is 1150. The number of pyridine rings is 1. The largest absolute Gasteiger partial charge is 0.396 e. The maximum Gasteiger partial charge on any atom is 0.315 e. The molecule has 1 aromatic carbocycles. The lowest BCUT2D eigenvalue weighted by molar-refractivity contribution is 0.0370. The predicted octanol–water partition coefficient (Wildman–Crippen LogP) is 4.06. The number of amides is 3. The van der Waals surface area contributed by atoms with E-state index in [-0.39, 0.29) is 23.7 Å². The van der Waals surface area contributed by atoms with Gasteiger partial charge in [0.05, 0.1) is 30.6 Å². The van der Waals surface area contributed by atoms with Gasteiger partial charge in [-0.05, 0) is 49.4 Å². The highest BCUT2D eigenvalue weighted by Crippen LogP contribution is 2.24. The number of carbonyl (C=O) groups excluding carboxylic acids is 2. The fourth-order valence-electron chi connectivity index (χ4n) is 4.35. The molecule has 38 heavy (non-hydrogen) atoms. The molecule has 0 bridgehead atoms. The molecule has 1 aliphatic rings. The number of nitrogens with one attached hydrogen (secondary N) is 3. The molecule has 2 aromatic heterocycles. The second-order valence-electron chi connectivity index (χ2n) is 9.31. The number of unbranched alkanes of at least 4 members (excludes halogenated alkanes) is 1. The highest BCUT2D eigenvalue weighted by molar-refractivity contribution is 7.09. The van der Waals surface area contributed by atoms with Crippen molar-refractivity contribution in [3.8, 4) is 0 Å². The third-order valence-corrected chi connectivity index (χ3v) is 7.29. The van der Waals surface area contributed by atoms with Gasteiger partial charge in [-0.3, -0.25) is 14.7 Å². The number of benzene rings is 1. The first-order valence-electron chi connectivity index (χ1n) is 13.1. The number of rotatable bonds is 12. The fraction of sp³-hybridized carbons (Fsp3) is 0.393. The van der Waals surface area contributed by atoms with Crippen LogP contribution in [0.1, 0.15) is 46.9 Å². The van der Waals surface area contributed by atoms with Crippen molar-refractivity contribution in [2.75, 3.05) is 50.4 Å². The van der Waals surface area contributed by atoms with Crippen LogP contribution in [0.4, 0.5) is 16.2 Å². The number of carbonyl (C=O) groups is 2. The minimum absolute atomic E-state index is 0.214. The molecule has 3 heterocycles. The lowest BCUT2D eigenvalue weighted by Crippen LogP contribution is -2.39. The Morgan fingerprint density at radius 3 is 2.61 bits per heavy atom. The molecule has 1 saturated heterocycles. The lowest BCUT2D eigenvalue weighted by atomic mass is 10.0. The topological polar surface area (TPSA) is 122 Å². The van der Waals surface area contributed by atoms with Crippen molar-refractivity contribution < 1.29 is 14.3 Å². The van der Waals surface area contributed by atoms with Gasteiger partial charge in [0.1, 0.15) is 5.69 Å². The van der Waals surface area contributed by atoms with Crippen molar-refractivity contribution in [2.45, 2.75) is 31.7 Å². The molecule has 10 heteroatoms. The van der Waals surface area contributed by atoms with Crippen molar-refractivity contribution in [3.63, 3.8) is 0 Å². The number of thiophene rings is 1. The van der Waals surface area contributed by atoms with Crippen molar-refractivity contribution >= 4 is 34.6 Å². The average Bonchev–Trinajstić information content (AvgIpc) is 3.35. The molecule has 0 saturated carbocycles. The van der Waals surface area contributed by atoms with E-state index in [9.17, 15) is 9.59 Å². The van der Waals surface area contributed by atoms with Gasteiger partial charge in [0.15, 0.2) is 0 Å². The third-order valence-electron chi connectivity index (χ3n) is 6.53. The number of morpholine rings is 1. The van der Waals surface area contributed by atoms with E-state index in [1.165, 1.54) is 16.9 Å². The van der Waals surface area contributed by atoms with Crippen molar-refractivity contribution in [2.24, 2.45) is 0 Å². The minimum atomic E-state index is -0.324. The summed E-state index contributed by atoms with van der Waals surface area (Å²) in [5.74, 6) is -0.324. The summed E-state index contributed by atoms with van der Waals surface area (Å²) >= 11 is 1.42. The summed E-state index contributed by atoms with van der Waals surface area (Å²) in [4.78, 5) is 32.1. The molecule has 9 nitrogen and oxygen atoms in total. The van der Waals surface area contributed by atoms with Gasteiger partial charge in [0.25, 0.3) is 5.91 Å². The van der Waals surface area contributed by atoms with Gasteiger partial charge in [0.2, 0.25) is 0 Å². The van der Waals surface area contributed by atoms with E-state index in [1.807, 2.05) is 36.4 Å². The van der Waals surface area contributed by atoms with Gasteiger partial charge in [-0.2, -0.15) is 0 Å². The molecule has 0 radical (unpaired) electrons. The Balaban J connectivity index is 1.33. The molecule has 0 spiro atoms. The monoisotopic (exact) mass is 536 g/mol. The van der Waals surface area contributed by atoms with Crippen LogP contribution in [-0.2, 0) is 11.2 Å². The van der Waals surface area contributed by atoms with Gasteiger partial charge >= 0.3 is 6.03 Å². The van der Waals surface area contributed by atoms with Crippen molar-refractivity contribution in [1.29, 1.82) is 0 Å². The van der Waals surface area contributed by atoms with Crippen molar-refractivity contribution in [3.05, 3.63) is 76.2 Å². The van der Waals surface area contributed by atoms with Crippen LogP contribution >= 0.6 is 11.3 Å². The smallest absolute Gasteiger partial charge is 0.315 e. The predicted molar refractivity (Wildman–Crippen MR) is 151 cm³/mol. The molecule has 0 aliphatic carbocycles. The number of aromatic nitrogens is 1. The zero-order chi connectivity index (χ0) is 26.6. The molecule has 3 amide bonds. The van der Waals surface area contributed by atoms with Crippen molar-refractivity contribution in [1.82, 2.24) is 20.5 Å². The van der Waals surface area contributed by atoms with Gasteiger partial charge in [-0.15, -0.1) is 11.3 Å². The van der Waals surface area contributed by atoms with E-state index >= 15 is 0 Å². The second-order valence-corrected chi connectivity index (χ2v) is 10.1. The number of ether oxygens (including phenoxy) is 1. The summed E-state index contributed by atoms with van der Waals surface area (Å²) in [7, 11) is 0. The standard InChI is InChI=1S/C28H36N6O3S/c29-23-19-38-20-26(23)32-27(35)25-10-9-22(18-31-25)24(8-4-5-13-34-14-16-37-17-15-34)33-28(36)30-12-11-21-6-2-1-3-7-21/h1-3,6-7,9-10,18-20,24H,4-5,8,11-17,29H2,(H,32,35)(H2,30,33,36). The van der Waals surface area contributed by atoms with Crippen LogP contribution in [0.25, 0.3) is 0 Å². The second kappa shape index (κ2) is 14.5. The van der Waals surface area contributed by atoms with Gasteiger partial charge in [-0.1, -0.05) is 36.4 Å². The first kappa shape index (κ1) is 27.6. The van der Waals surface area contributed by atoms with E-state index in [2.05, 4.69) is 25.8 Å². The molecular formula is C28H36N6O3S.